The zero-order valence-electron chi connectivity index (χ0n) is 10.9. The predicted octanol–water partition coefficient (Wildman–Crippen LogP) is 2.59. The van der Waals surface area contributed by atoms with Crippen molar-refractivity contribution in [1.29, 1.82) is 0 Å². The molecule has 7 nitrogen and oxygen atoms in total. The van der Waals surface area contributed by atoms with Crippen LogP contribution < -0.4 is 0 Å². The molecule has 0 radical (unpaired) electrons. The fraction of sp³-hybridized carbons (Fsp3) is 0.250. The number of halogens is 1. The Balaban J connectivity index is 2.97. The summed E-state index contributed by atoms with van der Waals surface area (Å²) in [5.74, 6) is -0.717. The van der Waals surface area contributed by atoms with Crippen LogP contribution in [0.15, 0.2) is 6.07 Å². The van der Waals surface area contributed by atoms with E-state index in [1.165, 1.54) is 20.1 Å². The van der Waals surface area contributed by atoms with Gasteiger partial charge in [0.05, 0.1) is 28.8 Å². The molecule has 104 valence electrons. The second-order valence-electron chi connectivity index (χ2n) is 4.11. The maximum Gasteiger partial charge on any atom is 0.340 e. The van der Waals surface area contributed by atoms with Gasteiger partial charge < -0.3 is 4.74 Å². The second-order valence-corrected chi connectivity index (χ2v) is 4.47. The van der Waals surface area contributed by atoms with Crippen molar-refractivity contribution in [3.63, 3.8) is 0 Å². The summed E-state index contributed by atoms with van der Waals surface area (Å²) in [5, 5.41) is 11.2. The summed E-state index contributed by atoms with van der Waals surface area (Å²) < 4.78 is 4.66. The fourth-order valence-corrected chi connectivity index (χ4v) is 2.01. The molecule has 0 unspecified atom stereocenters. The number of carbonyl (C=O) groups is 1. The molecule has 0 spiro atoms. The van der Waals surface area contributed by atoms with E-state index >= 15 is 0 Å². The van der Waals surface area contributed by atoms with Gasteiger partial charge in [-0.1, -0.05) is 11.6 Å². The average Bonchev–Trinajstić information content (AvgIpc) is 2.39. The molecule has 0 bridgehead atoms. The molecule has 0 aliphatic rings. The van der Waals surface area contributed by atoms with Gasteiger partial charge in [-0.25, -0.2) is 14.8 Å². The average molecular weight is 296 g/mol. The van der Waals surface area contributed by atoms with Crippen LogP contribution in [0.4, 0.5) is 5.69 Å². The van der Waals surface area contributed by atoms with E-state index in [-0.39, 0.29) is 33.0 Å². The molecule has 20 heavy (non-hydrogen) atoms. The van der Waals surface area contributed by atoms with E-state index in [0.717, 1.165) is 0 Å². The number of esters is 1. The monoisotopic (exact) mass is 295 g/mol. The van der Waals surface area contributed by atoms with Crippen molar-refractivity contribution in [3.05, 3.63) is 38.2 Å². The third-order valence-electron chi connectivity index (χ3n) is 2.89. The van der Waals surface area contributed by atoms with Gasteiger partial charge in [-0.3, -0.25) is 10.1 Å². The van der Waals surface area contributed by atoms with E-state index in [4.69, 9.17) is 11.6 Å². The molecule has 8 heteroatoms. The highest BCUT2D eigenvalue weighted by Gasteiger charge is 2.25. The number of carbonyl (C=O) groups excluding carboxylic acids is 1. The number of nitro groups is 1. The Bertz CT molecular complexity index is 745. The minimum absolute atomic E-state index is 0.00565. The first kappa shape index (κ1) is 14.1. The highest BCUT2D eigenvalue weighted by molar-refractivity contribution is 6.30. The first-order valence-corrected chi connectivity index (χ1v) is 5.94. The molecule has 0 amide bonds. The van der Waals surface area contributed by atoms with Crippen molar-refractivity contribution in [3.8, 4) is 0 Å². The summed E-state index contributed by atoms with van der Waals surface area (Å²) in [7, 11) is 1.19. The van der Waals surface area contributed by atoms with E-state index in [9.17, 15) is 14.9 Å². The fourth-order valence-electron chi connectivity index (χ4n) is 1.89. The number of aromatic nitrogens is 2. The van der Waals surface area contributed by atoms with Crippen LogP contribution in [0.5, 0.6) is 0 Å². The standard InChI is InChI=1S/C12H10ClN3O4/c1-5-8(16(18)19)4-7-10(9(5)12(17)20-3)15-11(13)6(2)14-7/h4H,1-3H3. The number of benzene rings is 1. The number of hydrogen-bond donors (Lipinski definition) is 0. The smallest absolute Gasteiger partial charge is 0.340 e. The summed E-state index contributed by atoms with van der Waals surface area (Å²) in [5.41, 5.74) is 0.803. The van der Waals surface area contributed by atoms with E-state index < -0.39 is 10.9 Å². The van der Waals surface area contributed by atoms with E-state index in [1.54, 1.807) is 6.92 Å². The first-order valence-electron chi connectivity index (χ1n) is 5.57. The van der Waals surface area contributed by atoms with Crippen LogP contribution in [0, 0.1) is 24.0 Å². The number of nitro benzene ring substituents is 1. The quantitative estimate of drug-likeness (QED) is 0.480. The Kier molecular flexibility index (Phi) is 3.54. The molecule has 0 aliphatic heterocycles. The number of aryl methyl sites for hydroxylation is 1. The van der Waals surface area contributed by atoms with Gasteiger partial charge in [0.15, 0.2) is 5.15 Å². The molecule has 0 fully saturated rings. The topological polar surface area (TPSA) is 95.2 Å². The van der Waals surface area contributed by atoms with Crippen molar-refractivity contribution in [1.82, 2.24) is 9.97 Å². The zero-order chi connectivity index (χ0) is 15.0. The van der Waals surface area contributed by atoms with Gasteiger partial charge in [0.2, 0.25) is 0 Å². The van der Waals surface area contributed by atoms with Gasteiger partial charge in [-0.2, -0.15) is 0 Å². The van der Waals surface area contributed by atoms with E-state index in [2.05, 4.69) is 14.7 Å². The number of nitrogens with zero attached hydrogens (tertiary/aromatic N) is 3. The number of methoxy groups -OCH3 is 1. The van der Waals surface area contributed by atoms with Crippen molar-refractivity contribution >= 4 is 34.3 Å². The lowest BCUT2D eigenvalue weighted by atomic mass is 10.0. The Hall–Kier alpha value is -2.28. The van der Waals surface area contributed by atoms with Crippen LogP contribution in [0.1, 0.15) is 21.6 Å². The van der Waals surface area contributed by atoms with Gasteiger partial charge in [0.25, 0.3) is 5.69 Å². The molecule has 1 aromatic heterocycles. The summed E-state index contributed by atoms with van der Waals surface area (Å²) in [4.78, 5) is 30.6. The molecule has 0 saturated carbocycles. The van der Waals surface area contributed by atoms with Gasteiger partial charge in [-0.05, 0) is 13.8 Å². The normalized spacial score (nSPS) is 10.6. The third kappa shape index (κ3) is 2.16. The highest BCUT2D eigenvalue weighted by atomic mass is 35.5. The van der Waals surface area contributed by atoms with Crippen molar-refractivity contribution < 1.29 is 14.5 Å². The predicted molar refractivity (Wildman–Crippen MR) is 72.0 cm³/mol. The largest absolute Gasteiger partial charge is 0.465 e. The summed E-state index contributed by atoms with van der Waals surface area (Å²) in [6, 6.07) is 1.27. The van der Waals surface area contributed by atoms with Crippen LogP contribution in [-0.4, -0.2) is 28.0 Å². The van der Waals surface area contributed by atoms with Crippen LogP contribution in [0.3, 0.4) is 0 Å². The lowest BCUT2D eigenvalue weighted by Crippen LogP contribution is -2.09. The lowest BCUT2D eigenvalue weighted by molar-refractivity contribution is -0.385. The molecule has 0 saturated heterocycles. The zero-order valence-corrected chi connectivity index (χ0v) is 11.7. The molecule has 1 aromatic carbocycles. The van der Waals surface area contributed by atoms with Crippen LogP contribution >= 0.6 is 11.6 Å². The molecule has 0 N–H and O–H groups in total. The van der Waals surface area contributed by atoms with Gasteiger partial charge >= 0.3 is 5.97 Å². The Morgan fingerprint density at radius 3 is 2.60 bits per heavy atom. The van der Waals surface area contributed by atoms with Crippen molar-refractivity contribution in [2.75, 3.05) is 7.11 Å². The van der Waals surface area contributed by atoms with Crippen LogP contribution in [0.25, 0.3) is 11.0 Å². The SMILES string of the molecule is COC(=O)c1c(C)c([N+](=O)[O-])cc2nc(C)c(Cl)nc12. The van der Waals surface area contributed by atoms with E-state index in [0.29, 0.717) is 5.69 Å². The third-order valence-corrected chi connectivity index (χ3v) is 3.25. The molecular weight excluding hydrogens is 286 g/mol. The number of ether oxygens (including phenoxy) is 1. The maximum absolute atomic E-state index is 11.9. The minimum Gasteiger partial charge on any atom is -0.465 e. The summed E-state index contributed by atoms with van der Waals surface area (Å²) in [6.45, 7) is 3.08. The van der Waals surface area contributed by atoms with E-state index in [1.807, 2.05) is 0 Å². The Morgan fingerprint density at radius 1 is 1.40 bits per heavy atom. The molecule has 0 aliphatic carbocycles. The maximum atomic E-state index is 11.9. The van der Waals surface area contributed by atoms with Gasteiger partial charge in [0.1, 0.15) is 5.52 Å². The lowest BCUT2D eigenvalue weighted by Gasteiger charge is -2.09. The number of hydrogen-bond acceptors (Lipinski definition) is 6. The molecule has 2 aromatic rings. The number of fused-ring (bicyclic) bond motifs is 1. The highest BCUT2D eigenvalue weighted by Crippen LogP contribution is 2.30. The first-order chi connectivity index (χ1) is 9.36. The van der Waals surface area contributed by atoms with Crippen LogP contribution in [0.2, 0.25) is 5.15 Å². The molecular formula is C12H10ClN3O4. The minimum atomic E-state index is -0.717. The van der Waals surface area contributed by atoms with Crippen LogP contribution in [-0.2, 0) is 4.74 Å². The van der Waals surface area contributed by atoms with Gasteiger partial charge in [0, 0.05) is 11.6 Å². The second kappa shape index (κ2) is 5.01. The Morgan fingerprint density at radius 2 is 2.05 bits per heavy atom. The molecule has 1 heterocycles. The summed E-state index contributed by atoms with van der Waals surface area (Å²) >= 11 is 5.90. The van der Waals surface area contributed by atoms with Crippen molar-refractivity contribution in [2.45, 2.75) is 13.8 Å². The van der Waals surface area contributed by atoms with Gasteiger partial charge in [-0.15, -0.1) is 0 Å². The van der Waals surface area contributed by atoms with Crippen molar-refractivity contribution in [2.24, 2.45) is 0 Å². The molecule has 0 atom stereocenters. The summed E-state index contributed by atoms with van der Waals surface area (Å²) in [6.07, 6.45) is 0. The number of rotatable bonds is 2. The molecule has 2 rings (SSSR count). The Labute approximate surface area is 118 Å².